The van der Waals surface area contributed by atoms with Crippen molar-refractivity contribution in [3.63, 3.8) is 0 Å². The molecule has 2 N–H and O–H groups in total. The highest BCUT2D eigenvalue weighted by atomic mass is 16.5. The third-order valence-electron chi connectivity index (χ3n) is 2.84. The zero-order valence-corrected chi connectivity index (χ0v) is 10.0. The molecule has 0 aromatic heterocycles. The van der Waals surface area contributed by atoms with Crippen molar-refractivity contribution in [2.24, 2.45) is 10.4 Å². The standard InChI is InChI=1S/C13H18N2O/c1-13(2,3)11-8-16-12(15-11)9-6-4-5-7-10(9)14/h4-7,11H,8,14H2,1-3H3/t11-/m1/s1. The summed E-state index contributed by atoms with van der Waals surface area (Å²) in [5, 5.41) is 0. The molecule has 0 radical (unpaired) electrons. The summed E-state index contributed by atoms with van der Waals surface area (Å²) in [6, 6.07) is 7.88. The predicted molar refractivity (Wildman–Crippen MR) is 66.6 cm³/mol. The van der Waals surface area contributed by atoms with Crippen LogP contribution in [0.1, 0.15) is 26.3 Å². The van der Waals surface area contributed by atoms with Gasteiger partial charge in [-0.2, -0.15) is 0 Å². The number of para-hydroxylation sites is 1. The maximum absolute atomic E-state index is 5.89. The van der Waals surface area contributed by atoms with Crippen LogP contribution in [0.25, 0.3) is 0 Å². The van der Waals surface area contributed by atoms with Crippen molar-refractivity contribution >= 4 is 11.6 Å². The smallest absolute Gasteiger partial charge is 0.218 e. The molecule has 1 atom stereocenters. The molecular formula is C13H18N2O. The van der Waals surface area contributed by atoms with Crippen molar-refractivity contribution in [2.75, 3.05) is 12.3 Å². The lowest BCUT2D eigenvalue weighted by atomic mass is 9.88. The van der Waals surface area contributed by atoms with E-state index >= 15 is 0 Å². The third kappa shape index (κ3) is 2.03. The fourth-order valence-electron chi connectivity index (χ4n) is 1.66. The number of aliphatic imine (C=N–C) groups is 1. The maximum Gasteiger partial charge on any atom is 0.218 e. The molecule has 2 rings (SSSR count). The number of hydrogen-bond acceptors (Lipinski definition) is 3. The Bertz CT molecular complexity index is 418. The predicted octanol–water partition coefficient (Wildman–Crippen LogP) is 2.46. The van der Waals surface area contributed by atoms with Crippen molar-refractivity contribution in [2.45, 2.75) is 26.8 Å². The van der Waals surface area contributed by atoms with Gasteiger partial charge in [0.2, 0.25) is 5.90 Å². The van der Waals surface area contributed by atoms with Gasteiger partial charge in [-0.05, 0) is 17.5 Å². The van der Waals surface area contributed by atoms with Crippen LogP contribution >= 0.6 is 0 Å². The van der Waals surface area contributed by atoms with Crippen LogP contribution in [0.4, 0.5) is 5.69 Å². The molecule has 1 aromatic rings. The van der Waals surface area contributed by atoms with Crippen molar-refractivity contribution in [3.8, 4) is 0 Å². The van der Waals surface area contributed by atoms with Gasteiger partial charge in [-0.15, -0.1) is 0 Å². The highest BCUT2D eigenvalue weighted by molar-refractivity contribution is 5.99. The number of benzene rings is 1. The number of ether oxygens (including phenoxy) is 1. The van der Waals surface area contributed by atoms with E-state index in [4.69, 9.17) is 10.5 Å². The van der Waals surface area contributed by atoms with E-state index in [1.807, 2.05) is 24.3 Å². The number of rotatable bonds is 1. The van der Waals surface area contributed by atoms with Gasteiger partial charge in [-0.3, -0.25) is 0 Å². The summed E-state index contributed by atoms with van der Waals surface area (Å²) < 4.78 is 5.63. The van der Waals surface area contributed by atoms with Crippen LogP contribution in [0.3, 0.4) is 0 Å². The number of nitrogens with zero attached hydrogens (tertiary/aromatic N) is 1. The van der Waals surface area contributed by atoms with Gasteiger partial charge in [0.25, 0.3) is 0 Å². The molecule has 0 aliphatic carbocycles. The number of anilines is 1. The molecule has 1 aromatic carbocycles. The van der Waals surface area contributed by atoms with E-state index in [1.165, 1.54) is 0 Å². The van der Waals surface area contributed by atoms with Crippen LogP contribution in [0.2, 0.25) is 0 Å². The number of nitrogens with two attached hydrogens (primary N) is 1. The Morgan fingerprint density at radius 1 is 1.31 bits per heavy atom. The summed E-state index contributed by atoms with van der Waals surface area (Å²) in [5.41, 5.74) is 7.64. The first-order valence-electron chi connectivity index (χ1n) is 5.54. The van der Waals surface area contributed by atoms with E-state index in [2.05, 4.69) is 25.8 Å². The average Bonchev–Trinajstić information content (AvgIpc) is 2.66. The lowest BCUT2D eigenvalue weighted by Gasteiger charge is -2.21. The van der Waals surface area contributed by atoms with Gasteiger partial charge in [0.05, 0.1) is 11.6 Å². The molecule has 0 fully saturated rings. The van der Waals surface area contributed by atoms with Gasteiger partial charge >= 0.3 is 0 Å². The molecular weight excluding hydrogens is 200 g/mol. The molecule has 16 heavy (non-hydrogen) atoms. The van der Waals surface area contributed by atoms with Gasteiger partial charge in [0.15, 0.2) is 0 Å². The third-order valence-corrected chi connectivity index (χ3v) is 2.84. The first-order chi connectivity index (χ1) is 7.48. The summed E-state index contributed by atoms with van der Waals surface area (Å²) in [7, 11) is 0. The van der Waals surface area contributed by atoms with E-state index in [-0.39, 0.29) is 11.5 Å². The van der Waals surface area contributed by atoms with Gasteiger partial charge in [-0.1, -0.05) is 32.9 Å². The molecule has 0 spiro atoms. The van der Waals surface area contributed by atoms with Crippen LogP contribution in [0, 0.1) is 5.41 Å². The average molecular weight is 218 g/mol. The fourth-order valence-corrected chi connectivity index (χ4v) is 1.66. The zero-order valence-electron chi connectivity index (χ0n) is 10.0. The zero-order chi connectivity index (χ0) is 11.8. The van der Waals surface area contributed by atoms with Crippen molar-refractivity contribution in [1.29, 1.82) is 0 Å². The summed E-state index contributed by atoms with van der Waals surface area (Å²) in [5.74, 6) is 0.679. The monoisotopic (exact) mass is 218 g/mol. The summed E-state index contributed by atoms with van der Waals surface area (Å²) in [6.07, 6.45) is 0. The van der Waals surface area contributed by atoms with Crippen LogP contribution in [-0.2, 0) is 4.74 Å². The number of hydrogen-bond donors (Lipinski definition) is 1. The Labute approximate surface area is 96.3 Å². The Morgan fingerprint density at radius 2 is 2.00 bits per heavy atom. The van der Waals surface area contributed by atoms with Crippen LogP contribution in [0.15, 0.2) is 29.3 Å². The van der Waals surface area contributed by atoms with Crippen molar-refractivity contribution in [3.05, 3.63) is 29.8 Å². The SMILES string of the molecule is CC(C)(C)[C@H]1COC(c2ccccc2N)=N1. The Kier molecular flexibility index (Phi) is 2.62. The Balaban J connectivity index is 2.28. The second kappa shape index (κ2) is 3.81. The summed E-state index contributed by atoms with van der Waals surface area (Å²) >= 11 is 0. The second-order valence-electron chi connectivity index (χ2n) is 5.21. The minimum Gasteiger partial charge on any atom is -0.475 e. The molecule has 1 heterocycles. The summed E-state index contributed by atoms with van der Waals surface area (Å²) in [4.78, 5) is 4.60. The molecule has 0 saturated carbocycles. The second-order valence-corrected chi connectivity index (χ2v) is 5.21. The van der Waals surface area contributed by atoms with Crippen LogP contribution < -0.4 is 5.73 Å². The highest BCUT2D eigenvalue weighted by Crippen LogP contribution is 2.28. The topological polar surface area (TPSA) is 47.6 Å². The quantitative estimate of drug-likeness (QED) is 0.736. The van der Waals surface area contributed by atoms with E-state index in [0.29, 0.717) is 12.5 Å². The van der Waals surface area contributed by atoms with E-state index in [1.54, 1.807) is 0 Å². The lowest BCUT2D eigenvalue weighted by Crippen LogP contribution is -2.25. The Hall–Kier alpha value is -1.51. The first-order valence-corrected chi connectivity index (χ1v) is 5.54. The molecule has 86 valence electrons. The molecule has 1 aliphatic rings. The molecule has 0 amide bonds. The molecule has 0 saturated heterocycles. The normalized spacial score (nSPS) is 20.4. The van der Waals surface area contributed by atoms with Gasteiger partial charge in [0, 0.05) is 5.69 Å². The minimum absolute atomic E-state index is 0.130. The van der Waals surface area contributed by atoms with Gasteiger partial charge in [0.1, 0.15) is 6.61 Å². The van der Waals surface area contributed by atoms with Crippen molar-refractivity contribution < 1.29 is 4.74 Å². The minimum atomic E-state index is 0.130. The summed E-state index contributed by atoms with van der Waals surface area (Å²) in [6.45, 7) is 7.15. The Morgan fingerprint density at radius 3 is 2.56 bits per heavy atom. The molecule has 3 heteroatoms. The maximum atomic E-state index is 5.89. The van der Waals surface area contributed by atoms with Crippen LogP contribution in [-0.4, -0.2) is 18.5 Å². The largest absolute Gasteiger partial charge is 0.475 e. The first kappa shape index (κ1) is 11.0. The van der Waals surface area contributed by atoms with E-state index in [0.717, 1.165) is 11.3 Å². The van der Waals surface area contributed by atoms with Crippen molar-refractivity contribution in [1.82, 2.24) is 0 Å². The van der Waals surface area contributed by atoms with E-state index in [9.17, 15) is 0 Å². The van der Waals surface area contributed by atoms with Gasteiger partial charge in [-0.25, -0.2) is 4.99 Å². The fraction of sp³-hybridized carbons (Fsp3) is 0.462. The molecule has 1 aliphatic heterocycles. The van der Waals surface area contributed by atoms with E-state index < -0.39 is 0 Å². The van der Waals surface area contributed by atoms with Crippen LogP contribution in [0.5, 0.6) is 0 Å². The number of nitrogen functional groups attached to an aromatic ring is 1. The van der Waals surface area contributed by atoms with Gasteiger partial charge < -0.3 is 10.5 Å². The highest BCUT2D eigenvalue weighted by Gasteiger charge is 2.30. The lowest BCUT2D eigenvalue weighted by molar-refractivity contribution is 0.236. The molecule has 0 unspecified atom stereocenters. The molecule has 0 bridgehead atoms. The molecule has 3 nitrogen and oxygen atoms in total.